The summed E-state index contributed by atoms with van der Waals surface area (Å²) < 4.78 is 23.6. The first-order chi connectivity index (χ1) is 3.12. The van der Waals surface area contributed by atoms with Crippen molar-refractivity contribution in [1.82, 2.24) is 0 Å². The lowest BCUT2D eigenvalue weighted by atomic mass is 11.4. The smallest absolute Gasteiger partial charge is 0.264 e. The molecule has 0 rings (SSSR count). The van der Waals surface area contributed by atoms with Crippen molar-refractivity contribution in [3.8, 4) is 11.7 Å². The maximum absolute atomic E-state index is 9.91. The van der Waals surface area contributed by atoms with Gasteiger partial charge in [-0.1, -0.05) is 0 Å². The van der Waals surface area contributed by atoms with Crippen LogP contribution in [0.2, 0.25) is 0 Å². The van der Waals surface area contributed by atoms with Crippen LogP contribution in [-0.4, -0.2) is 15.5 Å². The fourth-order valence-corrected chi connectivity index (χ4v) is 0.144. The van der Waals surface area contributed by atoms with Crippen molar-refractivity contribution in [2.45, 2.75) is 0 Å². The molecule has 4 heteroatoms. The van der Waals surface area contributed by atoms with E-state index < -0.39 is 10.1 Å². The normalized spacial score (nSPS) is 10.3. The Hall–Kier alpha value is -0.530. The summed E-state index contributed by atoms with van der Waals surface area (Å²) in [6, 6.07) is 0. The Morgan fingerprint density at radius 1 is 1.71 bits per heavy atom. The monoisotopic (exact) mass is 120 g/mol. The number of rotatable bonds is 1. The first-order valence-corrected chi connectivity index (χ1v) is 2.81. The van der Waals surface area contributed by atoms with Gasteiger partial charge in [-0.05, 0) is 0 Å². The highest BCUT2D eigenvalue weighted by Crippen LogP contribution is 1.81. The molecule has 0 aromatic rings. The maximum Gasteiger partial charge on any atom is 0.337 e. The van der Waals surface area contributed by atoms with Crippen molar-refractivity contribution in [2.24, 2.45) is 0 Å². The molecule has 0 spiro atoms. The standard InChI is InChI=1S/C3H4O3S/c1-3-7(4,5)6-2/h1H,2H3. The zero-order valence-electron chi connectivity index (χ0n) is 3.71. The Morgan fingerprint density at radius 3 is 2.14 bits per heavy atom. The second-order valence-electron chi connectivity index (χ2n) is 0.739. The largest absolute Gasteiger partial charge is 0.337 e. The lowest BCUT2D eigenvalue weighted by Gasteiger charge is -1.83. The highest BCUT2D eigenvalue weighted by atomic mass is 32.2. The Labute approximate surface area is 42.4 Å². The predicted octanol–water partition coefficient (Wildman–Crippen LogP) is -0.447. The fraction of sp³-hybridized carbons (Fsp3) is 0.333. The fourth-order valence-electron chi connectivity index (χ4n) is 0.0481. The molecule has 0 heterocycles. The van der Waals surface area contributed by atoms with Crippen molar-refractivity contribution < 1.29 is 12.6 Å². The van der Waals surface area contributed by atoms with E-state index in [1.807, 2.05) is 0 Å². The Kier molecular flexibility index (Phi) is 1.81. The molecule has 0 aromatic carbocycles. The molecule has 0 aliphatic rings. The predicted molar refractivity (Wildman–Crippen MR) is 24.8 cm³/mol. The molecule has 0 saturated carbocycles. The molecular weight excluding hydrogens is 116 g/mol. The SMILES string of the molecule is C#CS(=O)(=O)OC. The lowest BCUT2D eigenvalue weighted by Crippen LogP contribution is -1.95. The topological polar surface area (TPSA) is 43.4 Å². The molecule has 0 fully saturated rings. The van der Waals surface area contributed by atoms with E-state index in [-0.39, 0.29) is 0 Å². The number of terminal acetylenes is 1. The quantitative estimate of drug-likeness (QED) is 0.348. The van der Waals surface area contributed by atoms with E-state index in [0.717, 1.165) is 7.11 Å². The van der Waals surface area contributed by atoms with Crippen LogP contribution in [0.1, 0.15) is 0 Å². The van der Waals surface area contributed by atoms with Gasteiger partial charge in [0.15, 0.2) is 0 Å². The summed E-state index contributed by atoms with van der Waals surface area (Å²) in [7, 11) is -2.62. The van der Waals surface area contributed by atoms with E-state index >= 15 is 0 Å². The van der Waals surface area contributed by atoms with E-state index in [1.54, 1.807) is 0 Å². The highest BCUT2D eigenvalue weighted by Gasteiger charge is 1.96. The minimum atomic E-state index is -3.63. The van der Waals surface area contributed by atoms with E-state index in [2.05, 4.69) is 10.6 Å². The van der Waals surface area contributed by atoms with E-state index in [0.29, 0.717) is 0 Å². The van der Waals surface area contributed by atoms with Crippen LogP contribution in [0.4, 0.5) is 0 Å². The molecule has 0 atom stereocenters. The van der Waals surface area contributed by atoms with Crippen LogP contribution in [0.25, 0.3) is 0 Å². The average Bonchev–Trinajstić information content (AvgIpc) is 1.68. The van der Waals surface area contributed by atoms with Crippen molar-refractivity contribution in [3.63, 3.8) is 0 Å². The molecule has 0 saturated heterocycles. The first-order valence-electron chi connectivity index (χ1n) is 1.40. The van der Waals surface area contributed by atoms with Crippen molar-refractivity contribution in [1.29, 1.82) is 0 Å². The summed E-state index contributed by atoms with van der Waals surface area (Å²) in [5.41, 5.74) is 0. The number of hydrogen-bond donors (Lipinski definition) is 0. The van der Waals surface area contributed by atoms with E-state index in [4.69, 9.17) is 0 Å². The Morgan fingerprint density at radius 2 is 2.14 bits per heavy atom. The lowest BCUT2D eigenvalue weighted by molar-refractivity contribution is 0.408. The molecule has 0 aliphatic carbocycles. The minimum Gasteiger partial charge on any atom is -0.264 e. The molecule has 0 aliphatic heterocycles. The van der Waals surface area contributed by atoms with Gasteiger partial charge >= 0.3 is 10.1 Å². The van der Waals surface area contributed by atoms with Gasteiger partial charge in [0.1, 0.15) is 0 Å². The van der Waals surface area contributed by atoms with Crippen LogP contribution in [0.5, 0.6) is 0 Å². The van der Waals surface area contributed by atoms with Crippen LogP contribution in [0, 0.1) is 11.7 Å². The third kappa shape index (κ3) is 2.20. The van der Waals surface area contributed by atoms with Gasteiger partial charge in [-0.2, -0.15) is 8.42 Å². The zero-order valence-corrected chi connectivity index (χ0v) is 4.53. The molecule has 3 nitrogen and oxygen atoms in total. The summed E-state index contributed by atoms with van der Waals surface area (Å²) >= 11 is 0. The minimum absolute atomic E-state index is 1.01. The van der Waals surface area contributed by atoms with Gasteiger partial charge in [-0.3, -0.25) is 4.18 Å². The molecule has 0 N–H and O–H groups in total. The zero-order chi connectivity index (χ0) is 5.91. The van der Waals surface area contributed by atoms with E-state index in [9.17, 15) is 8.42 Å². The molecule has 0 aromatic heterocycles. The highest BCUT2D eigenvalue weighted by molar-refractivity contribution is 7.91. The summed E-state index contributed by atoms with van der Waals surface area (Å²) in [5.74, 6) is 0. The summed E-state index contributed by atoms with van der Waals surface area (Å²) in [6.45, 7) is 0. The van der Waals surface area contributed by atoms with Crippen LogP contribution < -0.4 is 0 Å². The van der Waals surface area contributed by atoms with Crippen LogP contribution >= 0.6 is 0 Å². The van der Waals surface area contributed by atoms with E-state index in [1.165, 1.54) is 5.25 Å². The van der Waals surface area contributed by atoms with Crippen LogP contribution in [-0.2, 0) is 14.3 Å². The molecule has 0 radical (unpaired) electrons. The van der Waals surface area contributed by atoms with Gasteiger partial charge in [0.2, 0.25) is 0 Å². The molecule has 0 amide bonds. The van der Waals surface area contributed by atoms with Crippen molar-refractivity contribution in [2.75, 3.05) is 7.11 Å². The van der Waals surface area contributed by atoms with Gasteiger partial charge in [-0.15, -0.1) is 6.42 Å². The second-order valence-corrected chi connectivity index (χ2v) is 2.22. The van der Waals surface area contributed by atoms with Gasteiger partial charge in [0, 0.05) is 0 Å². The maximum atomic E-state index is 9.91. The van der Waals surface area contributed by atoms with Crippen LogP contribution in [0.3, 0.4) is 0 Å². The Bertz CT molecular complexity index is 171. The molecule has 7 heavy (non-hydrogen) atoms. The molecule has 0 unspecified atom stereocenters. The Balaban J connectivity index is 4.28. The van der Waals surface area contributed by atoms with Crippen molar-refractivity contribution in [3.05, 3.63) is 0 Å². The number of hydrogen-bond acceptors (Lipinski definition) is 3. The van der Waals surface area contributed by atoms with Gasteiger partial charge in [-0.25, -0.2) is 0 Å². The van der Waals surface area contributed by atoms with Gasteiger partial charge < -0.3 is 0 Å². The summed E-state index contributed by atoms with van der Waals surface area (Å²) in [4.78, 5) is 0. The van der Waals surface area contributed by atoms with Gasteiger partial charge in [0.05, 0.1) is 12.4 Å². The first kappa shape index (κ1) is 6.47. The summed E-state index contributed by atoms with van der Waals surface area (Å²) in [5, 5.41) is 1.44. The third-order valence-electron chi connectivity index (χ3n) is 0.364. The van der Waals surface area contributed by atoms with Crippen molar-refractivity contribution >= 4 is 10.1 Å². The molecular formula is C3H4O3S. The molecule has 0 bridgehead atoms. The molecule has 40 valence electrons. The second kappa shape index (κ2) is 1.96. The van der Waals surface area contributed by atoms with Crippen LogP contribution in [0.15, 0.2) is 0 Å². The summed E-state index contributed by atoms with van der Waals surface area (Å²) in [6.07, 6.45) is 4.45. The average molecular weight is 120 g/mol. The van der Waals surface area contributed by atoms with Gasteiger partial charge in [0.25, 0.3) is 0 Å². The third-order valence-corrected chi connectivity index (χ3v) is 1.09.